The van der Waals surface area contributed by atoms with Gasteiger partial charge in [-0.05, 0) is 44.7 Å². The van der Waals surface area contributed by atoms with Gasteiger partial charge in [0.2, 0.25) is 11.8 Å². The number of amides is 1. The highest BCUT2D eigenvalue weighted by Crippen LogP contribution is 2.48. The van der Waals surface area contributed by atoms with Crippen LogP contribution in [0.4, 0.5) is 0 Å². The van der Waals surface area contributed by atoms with E-state index in [1.165, 1.54) is 0 Å². The van der Waals surface area contributed by atoms with E-state index in [2.05, 4.69) is 27.2 Å². The van der Waals surface area contributed by atoms with Gasteiger partial charge in [-0.3, -0.25) is 14.4 Å². The summed E-state index contributed by atoms with van der Waals surface area (Å²) in [5.41, 5.74) is 0.869. The molecule has 0 aromatic carbocycles. The van der Waals surface area contributed by atoms with Crippen molar-refractivity contribution in [2.24, 2.45) is 5.41 Å². The Kier molecular flexibility index (Phi) is 5.20. The number of carbonyl (C=O) groups excluding carboxylic acids is 1. The number of aromatic nitrogens is 4. The van der Waals surface area contributed by atoms with Crippen LogP contribution in [0.15, 0.2) is 16.7 Å². The zero-order valence-electron chi connectivity index (χ0n) is 16.8. The maximum atomic E-state index is 12.9. The molecule has 2 fully saturated rings. The Balaban J connectivity index is 1.40. The molecule has 2 aromatic rings. The second-order valence-corrected chi connectivity index (χ2v) is 7.93. The van der Waals surface area contributed by atoms with E-state index in [0.29, 0.717) is 30.6 Å². The number of piperidine rings is 1. The van der Waals surface area contributed by atoms with Crippen LogP contribution in [-0.2, 0) is 17.9 Å². The van der Waals surface area contributed by atoms with E-state index in [4.69, 9.17) is 9.15 Å². The quantitative estimate of drug-likeness (QED) is 0.770. The summed E-state index contributed by atoms with van der Waals surface area (Å²) in [6.45, 7) is 5.56. The van der Waals surface area contributed by atoms with Crippen molar-refractivity contribution in [1.82, 2.24) is 29.8 Å². The molecule has 1 atom stereocenters. The molecule has 0 bridgehead atoms. The van der Waals surface area contributed by atoms with Crippen molar-refractivity contribution in [1.29, 1.82) is 0 Å². The zero-order valence-corrected chi connectivity index (χ0v) is 16.8. The SMILES string of the molecule is CCn1nccc1C(=O)N1CCC2(CC1)CC(c1nnc(COC)o1)N(C)C2. The molecule has 4 rings (SSSR count). The highest BCUT2D eigenvalue weighted by molar-refractivity contribution is 5.92. The number of rotatable bonds is 5. The van der Waals surface area contributed by atoms with E-state index < -0.39 is 0 Å². The molecule has 9 nitrogen and oxygen atoms in total. The first-order valence-corrected chi connectivity index (χ1v) is 9.88. The largest absolute Gasteiger partial charge is 0.421 e. The predicted octanol–water partition coefficient (Wildman–Crippen LogP) is 1.73. The van der Waals surface area contributed by atoms with Crippen LogP contribution in [0.3, 0.4) is 0 Å². The molecule has 1 unspecified atom stereocenters. The molecule has 28 heavy (non-hydrogen) atoms. The van der Waals surface area contributed by atoms with Crippen LogP contribution >= 0.6 is 0 Å². The molecule has 2 aliphatic rings. The van der Waals surface area contributed by atoms with Crippen LogP contribution < -0.4 is 0 Å². The molecule has 1 spiro atoms. The molecule has 1 amide bonds. The number of likely N-dealkylation sites (tertiary alicyclic amines) is 2. The van der Waals surface area contributed by atoms with E-state index in [1.807, 2.05) is 17.9 Å². The molecule has 2 aromatic heterocycles. The van der Waals surface area contributed by atoms with Gasteiger partial charge in [0.1, 0.15) is 12.3 Å². The van der Waals surface area contributed by atoms with Crippen molar-refractivity contribution in [3.8, 4) is 0 Å². The van der Waals surface area contributed by atoms with Gasteiger partial charge in [-0.2, -0.15) is 5.10 Å². The molecule has 0 aliphatic carbocycles. The fourth-order valence-corrected chi connectivity index (χ4v) is 4.60. The minimum Gasteiger partial charge on any atom is -0.421 e. The molecule has 152 valence electrons. The second kappa shape index (κ2) is 7.63. The standard InChI is InChI=1S/C19H28N6O3/c1-4-25-14(5-8-20-25)18(26)24-9-6-19(7-10-24)11-15(23(2)13-19)17-22-21-16(28-17)12-27-3/h5,8,15H,4,6-7,9-13H2,1-3H3. The Labute approximate surface area is 164 Å². The summed E-state index contributed by atoms with van der Waals surface area (Å²) >= 11 is 0. The van der Waals surface area contributed by atoms with Gasteiger partial charge in [-0.1, -0.05) is 0 Å². The lowest BCUT2D eigenvalue weighted by molar-refractivity contribution is 0.0581. The molecular weight excluding hydrogens is 360 g/mol. The van der Waals surface area contributed by atoms with E-state index in [9.17, 15) is 4.79 Å². The molecular formula is C19H28N6O3. The highest BCUT2D eigenvalue weighted by atomic mass is 16.5. The first-order valence-electron chi connectivity index (χ1n) is 9.88. The van der Waals surface area contributed by atoms with Crippen molar-refractivity contribution < 1.29 is 13.9 Å². The lowest BCUT2D eigenvalue weighted by atomic mass is 9.76. The summed E-state index contributed by atoms with van der Waals surface area (Å²) in [6, 6.07) is 1.94. The number of hydrogen-bond donors (Lipinski definition) is 0. The third-order valence-corrected chi connectivity index (χ3v) is 6.13. The first-order chi connectivity index (χ1) is 13.5. The normalized spacial score (nSPS) is 22.2. The Bertz CT molecular complexity index is 823. The Morgan fingerprint density at radius 1 is 1.36 bits per heavy atom. The van der Waals surface area contributed by atoms with Crippen LogP contribution in [0.2, 0.25) is 0 Å². The number of nitrogens with zero attached hydrogens (tertiary/aromatic N) is 6. The van der Waals surface area contributed by atoms with Crippen LogP contribution in [-0.4, -0.2) is 69.5 Å². The van der Waals surface area contributed by atoms with Crippen molar-refractivity contribution in [2.45, 2.75) is 45.4 Å². The van der Waals surface area contributed by atoms with Gasteiger partial charge in [0.05, 0.1) is 6.04 Å². The number of aryl methyl sites for hydroxylation is 1. The minimum atomic E-state index is 0.0817. The van der Waals surface area contributed by atoms with Gasteiger partial charge in [0.25, 0.3) is 5.91 Å². The monoisotopic (exact) mass is 388 g/mol. The maximum Gasteiger partial charge on any atom is 0.272 e. The van der Waals surface area contributed by atoms with Gasteiger partial charge in [-0.15, -0.1) is 10.2 Å². The van der Waals surface area contributed by atoms with E-state index in [0.717, 1.165) is 38.9 Å². The maximum absolute atomic E-state index is 12.9. The fourth-order valence-electron chi connectivity index (χ4n) is 4.60. The fraction of sp³-hybridized carbons (Fsp3) is 0.684. The van der Waals surface area contributed by atoms with Gasteiger partial charge in [0, 0.05) is 39.5 Å². The van der Waals surface area contributed by atoms with Crippen molar-refractivity contribution in [3.63, 3.8) is 0 Å². The lowest BCUT2D eigenvalue weighted by Gasteiger charge is -2.39. The van der Waals surface area contributed by atoms with E-state index >= 15 is 0 Å². The van der Waals surface area contributed by atoms with Gasteiger partial charge in [0.15, 0.2) is 0 Å². The van der Waals surface area contributed by atoms with Gasteiger partial charge in [-0.25, -0.2) is 0 Å². The molecule has 2 saturated heterocycles. The lowest BCUT2D eigenvalue weighted by Crippen LogP contribution is -2.44. The summed E-state index contributed by atoms with van der Waals surface area (Å²) in [5.74, 6) is 1.26. The Hall–Kier alpha value is -2.26. The van der Waals surface area contributed by atoms with Crippen molar-refractivity contribution in [2.75, 3.05) is 33.8 Å². The van der Waals surface area contributed by atoms with Crippen LogP contribution in [0.25, 0.3) is 0 Å². The van der Waals surface area contributed by atoms with Crippen LogP contribution in [0, 0.1) is 5.41 Å². The van der Waals surface area contributed by atoms with E-state index in [-0.39, 0.29) is 17.4 Å². The number of hydrogen-bond acceptors (Lipinski definition) is 7. The molecule has 9 heteroatoms. The summed E-state index contributed by atoms with van der Waals surface area (Å²) in [5, 5.41) is 12.5. The van der Waals surface area contributed by atoms with Crippen LogP contribution in [0.5, 0.6) is 0 Å². The Morgan fingerprint density at radius 2 is 2.14 bits per heavy atom. The molecule has 0 radical (unpaired) electrons. The zero-order chi connectivity index (χ0) is 19.7. The number of carbonyl (C=O) groups is 1. The second-order valence-electron chi connectivity index (χ2n) is 7.93. The molecule has 2 aliphatic heterocycles. The smallest absolute Gasteiger partial charge is 0.272 e. The first kappa shape index (κ1) is 19.1. The third-order valence-electron chi connectivity index (χ3n) is 6.13. The summed E-state index contributed by atoms with van der Waals surface area (Å²) in [6.07, 6.45) is 4.64. The summed E-state index contributed by atoms with van der Waals surface area (Å²) in [7, 11) is 3.72. The van der Waals surface area contributed by atoms with Crippen LogP contribution in [0.1, 0.15) is 54.5 Å². The minimum absolute atomic E-state index is 0.0817. The topological polar surface area (TPSA) is 89.5 Å². The average molecular weight is 388 g/mol. The number of methoxy groups -OCH3 is 1. The highest BCUT2D eigenvalue weighted by Gasteiger charge is 2.47. The molecule has 0 saturated carbocycles. The van der Waals surface area contributed by atoms with E-state index in [1.54, 1.807) is 18.0 Å². The average Bonchev–Trinajstić information content (AvgIpc) is 3.41. The third kappa shape index (κ3) is 3.44. The van der Waals surface area contributed by atoms with Crippen molar-refractivity contribution in [3.05, 3.63) is 29.7 Å². The summed E-state index contributed by atoms with van der Waals surface area (Å²) < 4.78 is 12.6. The predicted molar refractivity (Wildman–Crippen MR) is 100 cm³/mol. The Morgan fingerprint density at radius 3 is 2.86 bits per heavy atom. The van der Waals surface area contributed by atoms with Gasteiger partial charge >= 0.3 is 0 Å². The molecule has 0 N–H and O–H groups in total. The summed E-state index contributed by atoms with van der Waals surface area (Å²) in [4.78, 5) is 17.1. The van der Waals surface area contributed by atoms with Gasteiger partial charge < -0.3 is 14.1 Å². The number of ether oxygens (including phenoxy) is 1. The molecule has 4 heterocycles. The van der Waals surface area contributed by atoms with Crippen molar-refractivity contribution >= 4 is 5.91 Å².